The summed E-state index contributed by atoms with van der Waals surface area (Å²) in [4.78, 5) is 20.7. The fraction of sp³-hybridized carbons (Fsp3) is 0.269. The van der Waals surface area contributed by atoms with Gasteiger partial charge in [-0.1, -0.05) is 18.2 Å². The summed E-state index contributed by atoms with van der Waals surface area (Å²) in [5, 5.41) is 4.44. The molecule has 4 aromatic rings. The van der Waals surface area contributed by atoms with Crippen LogP contribution in [0.15, 0.2) is 55.0 Å². The van der Waals surface area contributed by atoms with Crippen molar-refractivity contribution < 1.29 is 48.7 Å². The largest absolute Gasteiger partial charge is 0.457 e. The summed E-state index contributed by atoms with van der Waals surface area (Å²) in [5.74, 6) is -8.30. The predicted octanol–water partition coefficient (Wildman–Crippen LogP) is 7.97. The molecule has 1 unspecified atom stereocenters. The van der Waals surface area contributed by atoms with Crippen LogP contribution in [0, 0.1) is 5.82 Å². The van der Waals surface area contributed by atoms with Crippen LogP contribution in [0.3, 0.4) is 0 Å². The minimum atomic E-state index is -6.97. The molecule has 0 spiro atoms. The van der Waals surface area contributed by atoms with Crippen molar-refractivity contribution >= 4 is 34.3 Å². The van der Waals surface area contributed by atoms with Crippen molar-refractivity contribution in [3.05, 3.63) is 66.4 Å². The fourth-order valence-corrected chi connectivity index (χ4v) is 4.29. The molecule has 0 bridgehead atoms. The van der Waals surface area contributed by atoms with Gasteiger partial charge in [0.15, 0.2) is 0 Å². The van der Waals surface area contributed by atoms with Gasteiger partial charge in [0.1, 0.15) is 23.6 Å². The van der Waals surface area contributed by atoms with Crippen LogP contribution in [0.5, 0.6) is 0 Å². The number of nitrogens with zero attached hydrogens (tertiary/aromatic N) is 3. The highest BCUT2D eigenvalue weighted by Gasteiger charge is 2.81. The van der Waals surface area contributed by atoms with Crippen molar-refractivity contribution in [3.63, 3.8) is 0 Å². The lowest BCUT2D eigenvalue weighted by Gasteiger charge is -2.36. The van der Waals surface area contributed by atoms with Gasteiger partial charge < -0.3 is 20.9 Å². The Labute approximate surface area is 235 Å². The number of hydrogen-bond donors (Lipinski definition) is 3. The molecule has 0 aliphatic rings. The molecule has 0 saturated carbocycles. The number of urea groups is 1. The van der Waals surface area contributed by atoms with Crippen molar-refractivity contribution in [2.45, 2.75) is 43.8 Å². The first kappa shape index (κ1) is 31.4. The average molecular weight is 622 g/mol. The van der Waals surface area contributed by atoms with Crippen LogP contribution < -0.4 is 16.4 Å². The average Bonchev–Trinajstić information content (AvgIpc) is 3.30. The van der Waals surface area contributed by atoms with Gasteiger partial charge in [-0.15, -0.1) is 0 Å². The number of aromatic nitrogens is 3. The molecule has 2 heterocycles. The molecule has 4 N–H and O–H groups in total. The van der Waals surface area contributed by atoms with Crippen LogP contribution in [0.2, 0.25) is 0 Å². The Morgan fingerprint density at radius 1 is 0.884 bits per heavy atom. The molecule has 1 atom stereocenters. The maximum Gasteiger partial charge on any atom is 0.457 e. The van der Waals surface area contributed by atoms with Crippen molar-refractivity contribution in [2.24, 2.45) is 0 Å². The SMILES string of the molecule is CC(C)n1cc(-c2ccc(NC(=O)Nc3cc(C(F)(C(F)(F)F)C(F)(F)C(F)(F)F)ccc3F)cc2)c2c(N)ncnc21. The molecule has 43 heavy (non-hydrogen) atoms. The highest BCUT2D eigenvalue weighted by Crippen LogP contribution is 2.58. The number of nitrogen functional groups attached to an aromatic ring is 1. The molecule has 0 aliphatic carbocycles. The Balaban J connectivity index is 1.60. The van der Waals surface area contributed by atoms with Crippen molar-refractivity contribution in [3.8, 4) is 11.1 Å². The first-order chi connectivity index (χ1) is 19.8. The zero-order valence-electron chi connectivity index (χ0n) is 21.9. The van der Waals surface area contributed by atoms with Gasteiger partial charge in [0.25, 0.3) is 0 Å². The number of amides is 2. The fourth-order valence-electron chi connectivity index (χ4n) is 4.29. The lowest BCUT2D eigenvalue weighted by molar-refractivity contribution is -0.389. The third-order valence-corrected chi connectivity index (χ3v) is 6.44. The van der Waals surface area contributed by atoms with Crippen LogP contribution in [0.4, 0.5) is 65.9 Å². The first-order valence-electron chi connectivity index (χ1n) is 12.1. The second kappa shape index (κ2) is 10.6. The molecule has 4 rings (SSSR count). The number of carbonyl (C=O) groups excluding carboxylic acids is 1. The number of fused-ring (bicyclic) bond motifs is 1. The van der Waals surface area contributed by atoms with Crippen LogP contribution in [-0.4, -0.2) is 38.8 Å². The lowest BCUT2D eigenvalue weighted by Crippen LogP contribution is -2.59. The van der Waals surface area contributed by atoms with E-state index in [4.69, 9.17) is 5.73 Å². The number of nitrogens with one attached hydrogen (secondary N) is 2. The number of benzene rings is 2. The molecule has 17 heteroatoms. The van der Waals surface area contributed by atoms with E-state index in [0.717, 1.165) is 0 Å². The molecular weight excluding hydrogens is 602 g/mol. The van der Waals surface area contributed by atoms with Gasteiger partial charge in [-0.25, -0.2) is 23.5 Å². The van der Waals surface area contributed by atoms with Crippen LogP contribution in [0.25, 0.3) is 22.2 Å². The van der Waals surface area contributed by atoms with Gasteiger partial charge in [-0.3, -0.25) is 0 Å². The van der Waals surface area contributed by atoms with E-state index in [1.54, 1.807) is 23.6 Å². The summed E-state index contributed by atoms with van der Waals surface area (Å²) >= 11 is 0. The Kier molecular flexibility index (Phi) is 7.74. The third-order valence-electron chi connectivity index (χ3n) is 6.44. The second-order valence-corrected chi connectivity index (χ2v) is 9.58. The summed E-state index contributed by atoms with van der Waals surface area (Å²) in [6, 6.07) is 4.01. The van der Waals surface area contributed by atoms with Crippen molar-refractivity contribution in [1.82, 2.24) is 14.5 Å². The minimum Gasteiger partial charge on any atom is -0.383 e. The third kappa shape index (κ3) is 5.38. The number of carbonyl (C=O) groups is 1. The zero-order chi connectivity index (χ0) is 32.1. The lowest BCUT2D eigenvalue weighted by atomic mass is 9.87. The van der Waals surface area contributed by atoms with Crippen LogP contribution in [-0.2, 0) is 5.67 Å². The Morgan fingerprint density at radius 2 is 1.51 bits per heavy atom. The topological polar surface area (TPSA) is 97.9 Å². The normalized spacial score (nSPS) is 14.2. The number of hydrogen-bond acceptors (Lipinski definition) is 4. The number of rotatable bonds is 6. The van der Waals surface area contributed by atoms with Gasteiger partial charge in [0, 0.05) is 29.1 Å². The van der Waals surface area contributed by atoms with Gasteiger partial charge in [-0.2, -0.15) is 35.1 Å². The highest BCUT2D eigenvalue weighted by molar-refractivity contribution is 6.02. The van der Waals surface area contributed by atoms with Crippen LogP contribution >= 0.6 is 0 Å². The van der Waals surface area contributed by atoms with Crippen LogP contribution in [0.1, 0.15) is 25.5 Å². The molecule has 0 radical (unpaired) electrons. The Hall–Kier alpha value is -4.57. The van der Waals surface area contributed by atoms with Gasteiger partial charge in [0.05, 0.1) is 11.1 Å². The molecule has 0 aliphatic heterocycles. The molecule has 0 fully saturated rings. The maximum absolute atomic E-state index is 14.8. The number of alkyl halides is 9. The number of halogens is 10. The van der Waals surface area contributed by atoms with E-state index in [0.29, 0.717) is 22.2 Å². The Morgan fingerprint density at radius 3 is 2.07 bits per heavy atom. The molecule has 2 aromatic heterocycles. The standard InChI is InChI=1S/C26H20F10N6O/c1-12(2)42-10-16(19-20(37)38-11-39-21(19)42)13-3-6-15(7-4-13)40-22(43)41-18-9-14(5-8-17(18)27)23(28,25(31,32)33)24(29,30)26(34,35)36/h3-12H,1-2H3,(H2,37,38,39)(H2,40,41,43). The van der Waals surface area contributed by atoms with E-state index in [9.17, 15) is 48.7 Å². The van der Waals surface area contributed by atoms with E-state index >= 15 is 0 Å². The number of anilines is 3. The van der Waals surface area contributed by atoms with E-state index in [2.05, 4.69) is 15.3 Å². The number of nitrogens with two attached hydrogens (primary N) is 1. The van der Waals surface area contributed by atoms with Gasteiger partial charge in [0.2, 0.25) is 0 Å². The summed E-state index contributed by atoms with van der Waals surface area (Å²) < 4.78 is 137. The van der Waals surface area contributed by atoms with Crippen molar-refractivity contribution in [1.29, 1.82) is 0 Å². The summed E-state index contributed by atoms with van der Waals surface area (Å²) in [5.41, 5.74) is -1.97. The molecule has 0 saturated heterocycles. The monoisotopic (exact) mass is 622 g/mol. The Bertz CT molecular complexity index is 1660. The van der Waals surface area contributed by atoms with Gasteiger partial charge >= 0.3 is 30.0 Å². The van der Waals surface area contributed by atoms with E-state index in [-0.39, 0.29) is 35.7 Å². The summed E-state index contributed by atoms with van der Waals surface area (Å²) in [6.45, 7) is 3.84. The second-order valence-electron chi connectivity index (χ2n) is 9.58. The molecule has 230 valence electrons. The molecule has 7 nitrogen and oxygen atoms in total. The highest BCUT2D eigenvalue weighted by atomic mass is 19.4. The predicted molar refractivity (Wildman–Crippen MR) is 137 cm³/mol. The summed E-state index contributed by atoms with van der Waals surface area (Å²) in [6.07, 6.45) is -10.7. The van der Waals surface area contributed by atoms with Gasteiger partial charge in [-0.05, 0) is 43.7 Å². The maximum atomic E-state index is 14.8. The quantitative estimate of drug-likeness (QED) is 0.190. The molecule has 2 amide bonds. The summed E-state index contributed by atoms with van der Waals surface area (Å²) in [7, 11) is 0. The van der Waals surface area contributed by atoms with E-state index in [1.807, 2.05) is 18.4 Å². The smallest absolute Gasteiger partial charge is 0.383 e. The van der Waals surface area contributed by atoms with E-state index in [1.165, 1.54) is 18.5 Å². The van der Waals surface area contributed by atoms with Crippen molar-refractivity contribution in [2.75, 3.05) is 16.4 Å². The zero-order valence-corrected chi connectivity index (χ0v) is 21.9. The first-order valence-corrected chi connectivity index (χ1v) is 12.1. The minimum absolute atomic E-state index is 0.00691. The molecule has 2 aromatic carbocycles. The van der Waals surface area contributed by atoms with E-state index < -0.39 is 47.0 Å². The molecular formula is C26H20F10N6O.